The third-order valence-electron chi connectivity index (χ3n) is 7.91. The van der Waals surface area contributed by atoms with Gasteiger partial charge in [-0.25, -0.2) is 14.6 Å². The second-order valence-corrected chi connectivity index (χ2v) is 11.8. The molecule has 4 aromatic carbocycles. The lowest BCUT2D eigenvalue weighted by atomic mass is 9.91. The van der Waals surface area contributed by atoms with Gasteiger partial charge < -0.3 is 4.84 Å². The van der Waals surface area contributed by atoms with Crippen molar-refractivity contribution in [2.75, 3.05) is 4.90 Å². The number of oxime groups is 1. The van der Waals surface area contributed by atoms with Crippen LogP contribution in [0.5, 0.6) is 0 Å². The highest BCUT2D eigenvalue weighted by Crippen LogP contribution is 2.56. The SMILES string of the molecule is Cc1ccc2nc(-n3cncn3)c(C3CC4(c5ccccc5)ON=C(c5ccccc5)N4c4ccccc4S3)cc2c1. The maximum atomic E-state index is 6.67. The average Bonchev–Trinajstić information content (AvgIpc) is 3.68. The first-order valence-electron chi connectivity index (χ1n) is 13.9. The molecule has 0 saturated heterocycles. The molecule has 0 radical (unpaired) electrons. The summed E-state index contributed by atoms with van der Waals surface area (Å²) in [6, 6.07) is 37.8. The fraction of sp³-hybridized carbons (Fsp3) is 0.118. The van der Waals surface area contributed by atoms with Gasteiger partial charge in [0.05, 0.1) is 11.2 Å². The number of aryl methyl sites for hydroxylation is 1. The monoisotopic (exact) mass is 566 g/mol. The highest BCUT2D eigenvalue weighted by atomic mass is 32.2. The summed E-state index contributed by atoms with van der Waals surface area (Å²) in [5.74, 6) is 1.55. The van der Waals surface area contributed by atoms with E-state index < -0.39 is 5.72 Å². The van der Waals surface area contributed by atoms with E-state index in [1.807, 2.05) is 36.0 Å². The van der Waals surface area contributed by atoms with Crippen molar-refractivity contribution >= 4 is 34.2 Å². The van der Waals surface area contributed by atoms with Gasteiger partial charge in [-0.1, -0.05) is 89.6 Å². The van der Waals surface area contributed by atoms with E-state index in [2.05, 4.69) is 107 Å². The van der Waals surface area contributed by atoms with Gasteiger partial charge in [0.1, 0.15) is 12.7 Å². The predicted octanol–water partition coefficient (Wildman–Crippen LogP) is 7.41. The second-order valence-electron chi connectivity index (χ2n) is 10.6. The minimum absolute atomic E-state index is 0.0571. The molecule has 2 aliphatic rings. The molecule has 0 aliphatic carbocycles. The third-order valence-corrected chi connectivity index (χ3v) is 9.22. The molecule has 0 bridgehead atoms. The minimum atomic E-state index is -0.891. The Kier molecular flexibility index (Phi) is 5.82. The Morgan fingerprint density at radius 2 is 1.67 bits per heavy atom. The van der Waals surface area contributed by atoms with Crippen LogP contribution in [-0.2, 0) is 10.6 Å². The van der Waals surface area contributed by atoms with Crippen molar-refractivity contribution in [1.82, 2.24) is 19.7 Å². The van der Waals surface area contributed by atoms with Crippen molar-refractivity contribution in [2.24, 2.45) is 5.16 Å². The van der Waals surface area contributed by atoms with E-state index in [0.29, 0.717) is 6.42 Å². The summed E-state index contributed by atoms with van der Waals surface area (Å²) in [6.45, 7) is 2.11. The Morgan fingerprint density at radius 3 is 2.48 bits per heavy atom. The van der Waals surface area contributed by atoms with Crippen LogP contribution in [0.1, 0.15) is 33.9 Å². The van der Waals surface area contributed by atoms with Crippen LogP contribution >= 0.6 is 11.8 Å². The molecule has 7 nitrogen and oxygen atoms in total. The molecule has 2 atom stereocenters. The number of fused-ring (bicyclic) bond motifs is 4. The zero-order valence-corrected chi connectivity index (χ0v) is 23.6. The molecule has 0 N–H and O–H groups in total. The van der Waals surface area contributed by atoms with Gasteiger partial charge in [0.15, 0.2) is 11.7 Å². The third kappa shape index (κ3) is 3.98. The second kappa shape index (κ2) is 9.85. The van der Waals surface area contributed by atoms with E-state index in [4.69, 9.17) is 15.0 Å². The lowest BCUT2D eigenvalue weighted by Crippen LogP contribution is -2.47. The number of hydrogen-bond acceptors (Lipinski definition) is 7. The maximum Gasteiger partial charge on any atom is 0.242 e. The van der Waals surface area contributed by atoms with Gasteiger partial charge in [-0.15, -0.1) is 11.8 Å². The Bertz CT molecular complexity index is 1940. The highest BCUT2D eigenvalue weighted by Gasteiger charge is 2.53. The summed E-state index contributed by atoms with van der Waals surface area (Å²) >= 11 is 1.82. The molecule has 0 saturated carbocycles. The number of amidine groups is 1. The zero-order valence-electron chi connectivity index (χ0n) is 22.8. The number of hydrogen-bond donors (Lipinski definition) is 0. The van der Waals surface area contributed by atoms with Crippen molar-refractivity contribution in [1.29, 1.82) is 0 Å². The summed E-state index contributed by atoms with van der Waals surface area (Å²) in [5, 5.41) is 10.3. The van der Waals surface area contributed by atoms with Crippen LogP contribution in [0.4, 0.5) is 5.69 Å². The minimum Gasteiger partial charge on any atom is -0.360 e. The molecule has 42 heavy (non-hydrogen) atoms. The molecule has 4 heterocycles. The fourth-order valence-electron chi connectivity index (χ4n) is 5.98. The van der Waals surface area contributed by atoms with Gasteiger partial charge in [0.25, 0.3) is 0 Å². The van der Waals surface area contributed by atoms with Crippen molar-refractivity contribution < 1.29 is 4.84 Å². The van der Waals surface area contributed by atoms with Gasteiger partial charge in [0.2, 0.25) is 5.72 Å². The Labute approximate surface area is 247 Å². The largest absolute Gasteiger partial charge is 0.360 e. The lowest BCUT2D eigenvalue weighted by Gasteiger charge is -2.38. The molecule has 8 rings (SSSR count). The summed E-state index contributed by atoms with van der Waals surface area (Å²) in [4.78, 5) is 19.5. The highest BCUT2D eigenvalue weighted by molar-refractivity contribution is 7.99. The Morgan fingerprint density at radius 1 is 0.881 bits per heavy atom. The molecule has 204 valence electrons. The summed E-state index contributed by atoms with van der Waals surface area (Å²) in [5.41, 5.74) is 5.37. The van der Waals surface area contributed by atoms with Crippen LogP contribution in [0.2, 0.25) is 0 Å². The normalized spacial score (nSPS) is 19.5. The number of thioether (sulfide) groups is 1. The molecule has 0 amide bonds. The van der Waals surface area contributed by atoms with E-state index in [-0.39, 0.29) is 5.25 Å². The summed E-state index contributed by atoms with van der Waals surface area (Å²) in [6.07, 6.45) is 3.87. The van der Waals surface area contributed by atoms with Crippen molar-refractivity contribution in [3.05, 3.63) is 144 Å². The van der Waals surface area contributed by atoms with Crippen LogP contribution in [0.25, 0.3) is 16.7 Å². The molecular weight excluding hydrogens is 540 g/mol. The van der Waals surface area contributed by atoms with Gasteiger partial charge in [-0.05, 0) is 37.3 Å². The smallest absolute Gasteiger partial charge is 0.242 e. The van der Waals surface area contributed by atoms with E-state index >= 15 is 0 Å². The van der Waals surface area contributed by atoms with E-state index in [0.717, 1.165) is 49.8 Å². The van der Waals surface area contributed by atoms with Crippen LogP contribution in [0.3, 0.4) is 0 Å². The predicted molar refractivity (Wildman–Crippen MR) is 166 cm³/mol. The Balaban J connectivity index is 1.38. The standard InChI is InChI=1S/C34H26N6OS/c1-23-16-17-28-25(18-23)19-27(33(37-28)39-22-35-21-36-39)31-20-34(26-12-6-3-7-13-26)40(29-14-8-9-15-30(29)42-31)32(38-41-34)24-10-4-2-5-11-24/h2-19,21-22,31H,20H2,1H3. The Hall–Kier alpha value is -4.95. The van der Waals surface area contributed by atoms with Gasteiger partial charge in [-0.2, -0.15) is 5.10 Å². The molecule has 2 aromatic heterocycles. The van der Waals surface area contributed by atoms with Gasteiger partial charge in [-0.3, -0.25) is 4.90 Å². The van der Waals surface area contributed by atoms with Gasteiger partial charge >= 0.3 is 0 Å². The summed E-state index contributed by atoms with van der Waals surface area (Å²) < 4.78 is 1.76. The fourth-order valence-corrected chi connectivity index (χ4v) is 7.33. The van der Waals surface area contributed by atoms with Crippen LogP contribution in [0, 0.1) is 6.92 Å². The molecule has 0 fully saturated rings. The topological polar surface area (TPSA) is 68.4 Å². The van der Waals surface area contributed by atoms with Gasteiger partial charge in [0, 0.05) is 38.6 Å². The molecule has 2 unspecified atom stereocenters. The number of nitrogens with zero attached hydrogens (tertiary/aromatic N) is 6. The maximum absolute atomic E-state index is 6.67. The van der Waals surface area contributed by atoms with Crippen molar-refractivity contribution in [2.45, 2.75) is 29.2 Å². The van der Waals surface area contributed by atoms with Crippen LogP contribution in [0.15, 0.2) is 132 Å². The number of benzene rings is 4. The molecule has 8 heteroatoms. The van der Waals surface area contributed by atoms with Crippen molar-refractivity contribution in [3.63, 3.8) is 0 Å². The summed E-state index contributed by atoms with van der Waals surface area (Å²) in [7, 11) is 0. The van der Waals surface area contributed by atoms with Crippen molar-refractivity contribution in [3.8, 4) is 5.82 Å². The lowest BCUT2D eigenvalue weighted by molar-refractivity contribution is -0.0283. The van der Waals surface area contributed by atoms with E-state index in [9.17, 15) is 0 Å². The first-order chi connectivity index (χ1) is 20.7. The quantitative estimate of drug-likeness (QED) is 0.221. The molecular formula is C34H26N6OS. The van der Waals surface area contributed by atoms with Crippen LogP contribution < -0.4 is 4.90 Å². The number of anilines is 1. The molecule has 0 spiro atoms. The number of aromatic nitrogens is 4. The van der Waals surface area contributed by atoms with Crippen LogP contribution in [-0.4, -0.2) is 25.6 Å². The number of rotatable bonds is 4. The van der Waals surface area contributed by atoms with E-state index in [1.165, 1.54) is 5.56 Å². The zero-order chi connectivity index (χ0) is 28.1. The first-order valence-corrected chi connectivity index (χ1v) is 14.8. The molecule has 6 aromatic rings. The average molecular weight is 567 g/mol. The molecule has 2 aliphatic heterocycles. The first kappa shape index (κ1) is 24.8. The van der Waals surface area contributed by atoms with E-state index in [1.54, 1.807) is 17.3 Å². The number of para-hydroxylation sites is 1. The number of pyridine rings is 1.